The van der Waals surface area contributed by atoms with E-state index in [4.69, 9.17) is 0 Å². The molecule has 1 rings (SSSR count). The van der Waals surface area contributed by atoms with E-state index >= 15 is 0 Å². The van der Waals surface area contributed by atoms with Gasteiger partial charge in [0.25, 0.3) is 0 Å². The lowest BCUT2D eigenvalue weighted by Crippen LogP contribution is -2.41. The maximum Gasteiger partial charge on any atom is 0.00387 e. The average molecular weight is 224 g/mol. The van der Waals surface area contributed by atoms with E-state index in [9.17, 15) is 0 Å². The van der Waals surface area contributed by atoms with Crippen LogP contribution < -0.4 is 5.32 Å². The summed E-state index contributed by atoms with van der Waals surface area (Å²) >= 11 is 0. The predicted octanol–water partition coefficient (Wildman–Crippen LogP) is 2.66. The summed E-state index contributed by atoms with van der Waals surface area (Å²) in [5, 5.41) is 3.50. The molecule has 2 nitrogen and oxygen atoms in total. The summed E-state index contributed by atoms with van der Waals surface area (Å²) in [6.07, 6.45) is 7.18. The van der Waals surface area contributed by atoms with Gasteiger partial charge in [-0.2, -0.15) is 0 Å². The zero-order chi connectivity index (χ0) is 11.8. The molecule has 0 aromatic heterocycles. The van der Waals surface area contributed by atoms with E-state index in [1.807, 2.05) is 6.08 Å². The summed E-state index contributed by atoms with van der Waals surface area (Å²) in [5.74, 6) is 0.861. The molecule has 0 spiro atoms. The maximum absolute atomic E-state index is 3.79. The summed E-state index contributed by atoms with van der Waals surface area (Å²) in [6.45, 7) is 13.3. The van der Waals surface area contributed by atoms with Gasteiger partial charge in [0.2, 0.25) is 0 Å². The normalized spacial score (nSPS) is 21.6. The van der Waals surface area contributed by atoms with Crippen LogP contribution in [0.3, 0.4) is 0 Å². The SMILES string of the molecule is C=CCCCN(CC1CCCNC1)C(C)C. The van der Waals surface area contributed by atoms with Crippen LogP contribution in [0.4, 0.5) is 0 Å². The second kappa shape index (κ2) is 7.86. The van der Waals surface area contributed by atoms with Gasteiger partial charge in [-0.3, -0.25) is 0 Å². The van der Waals surface area contributed by atoms with E-state index < -0.39 is 0 Å². The fourth-order valence-electron chi connectivity index (χ4n) is 2.41. The van der Waals surface area contributed by atoms with Crippen LogP contribution in [-0.4, -0.2) is 37.1 Å². The van der Waals surface area contributed by atoms with Crippen LogP contribution in [0.2, 0.25) is 0 Å². The molecule has 0 aromatic carbocycles. The number of unbranched alkanes of at least 4 members (excludes halogenated alkanes) is 1. The van der Waals surface area contributed by atoms with Crippen molar-refractivity contribution in [1.29, 1.82) is 0 Å². The minimum atomic E-state index is 0.673. The Kier molecular flexibility index (Phi) is 6.74. The summed E-state index contributed by atoms with van der Waals surface area (Å²) in [5.41, 5.74) is 0. The Morgan fingerprint density at radius 1 is 1.50 bits per heavy atom. The second-order valence-corrected chi connectivity index (χ2v) is 5.23. The highest BCUT2D eigenvalue weighted by Crippen LogP contribution is 2.14. The van der Waals surface area contributed by atoms with E-state index in [-0.39, 0.29) is 0 Å². The highest BCUT2D eigenvalue weighted by atomic mass is 15.1. The van der Waals surface area contributed by atoms with Crippen LogP contribution >= 0.6 is 0 Å². The number of allylic oxidation sites excluding steroid dienone is 1. The molecule has 0 amide bonds. The van der Waals surface area contributed by atoms with Crippen molar-refractivity contribution < 1.29 is 0 Å². The first kappa shape index (κ1) is 13.7. The molecule has 1 saturated heterocycles. The Morgan fingerprint density at radius 3 is 2.88 bits per heavy atom. The van der Waals surface area contributed by atoms with Gasteiger partial charge in [-0.15, -0.1) is 6.58 Å². The van der Waals surface area contributed by atoms with Crippen molar-refractivity contribution in [3.8, 4) is 0 Å². The smallest absolute Gasteiger partial charge is 0.00387 e. The van der Waals surface area contributed by atoms with Gasteiger partial charge >= 0.3 is 0 Å². The van der Waals surface area contributed by atoms with Crippen LogP contribution in [0.15, 0.2) is 12.7 Å². The van der Waals surface area contributed by atoms with Gasteiger partial charge in [0.05, 0.1) is 0 Å². The zero-order valence-corrected chi connectivity index (χ0v) is 11.0. The molecule has 0 aromatic rings. The maximum atomic E-state index is 3.79. The van der Waals surface area contributed by atoms with Gasteiger partial charge in [0, 0.05) is 12.6 Å². The first-order chi connectivity index (χ1) is 7.74. The second-order valence-electron chi connectivity index (χ2n) is 5.23. The molecular weight excluding hydrogens is 196 g/mol. The fraction of sp³-hybridized carbons (Fsp3) is 0.857. The van der Waals surface area contributed by atoms with Crippen molar-refractivity contribution in [2.24, 2.45) is 5.92 Å². The molecule has 16 heavy (non-hydrogen) atoms. The molecule has 1 aliphatic heterocycles. The molecule has 0 aliphatic carbocycles. The quantitative estimate of drug-likeness (QED) is 0.528. The molecule has 1 atom stereocenters. The Morgan fingerprint density at radius 2 is 2.31 bits per heavy atom. The van der Waals surface area contributed by atoms with Crippen molar-refractivity contribution in [2.45, 2.75) is 45.6 Å². The van der Waals surface area contributed by atoms with Crippen molar-refractivity contribution >= 4 is 0 Å². The Hall–Kier alpha value is -0.340. The number of hydrogen-bond donors (Lipinski definition) is 1. The van der Waals surface area contributed by atoms with E-state index in [2.05, 4.69) is 30.6 Å². The van der Waals surface area contributed by atoms with Gasteiger partial charge in [-0.1, -0.05) is 6.08 Å². The summed E-state index contributed by atoms with van der Waals surface area (Å²) in [6, 6.07) is 0.673. The predicted molar refractivity (Wildman–Crippen MR) is 71.7 cm³/mol. The van der Waals surface area contributed by atoms with Crippen LogP contribution in [0.5, 0.6) is 0 Å². The van der Waals surface area contributed by atoms with Gasteiger partial charge in [0.1, 0.15) is 0 Å². The molecule has 0 radical (unpaired) electrons. The zero-order valence-electron chi connectivity index (χ0n) is 11.0. The van der Waals surface area contributed by atoms with Crippen molar-refractivity contribution in [3.05, 3.63) is 12.7 Å². The molecule has 0 saturated carbocycles. The molecule has 1 fully saturated rings. The van der Waals surface area contributed by atoms with Gasteiger partial charge < -0.3 is 10.2 Å². The van der Waals surface area contributed by atoms with Crippen molar-refractivity contribution in [3.63, 3.8) is 0 Å². The molecule has 0 bridgehead atoms. The lowest BCUT2D eigenvalue weighted by Gasteiger charge is -2.32. The topological polar surface area (TPSA) is 15.3 Å². The molecule has 2 heteroatoms. The van der Waals surface area contributed by atoms with Crippen LogP contribution in [0.25, 0.3) is 0 Å². The van der Waals surface area contributed by atoms with E-state index in [1.54, 1.807) is 0 Å². The third-order valence-corrected chi connectivity index (χ3v) is 3.48. The third kappa shape index (κ3) is 5.13. The minimum absolute atomic E-state index is 0.673. The molecule has 1 unspecified atom stereocenters. The third-order valence-electron chi connectivity index (χ3n) is 3.48. The summed E-state index contributed by atoms with van der Waals surface area (Å²) < 4.78 is 0. The van der Waals surface area contributed by atoms with Crippen molar-refractivity contribution in [1.82, 2.24) is 10.2 Å². The van der Waals surface area contributed by atoms with Crippen LogP contribution in [0.1, 0.15) is 39.5 Å². The number of nitrogens with one attached hydrogen (secondary N) is 1. The standard InChI is InChI=1S/C14H28N2/c1-4-5-6-10-16(13(2)3)12-14-8-7-9-15-11-14/h4,13-15H,1,5-12H2,2-3H3. The lowest BCUT2D eigenvalue weighted by molar-refractivity contribution is 0.170. The number of rotatable bonds is 7. The molecular formula is C14H28N2. The summed E-state index contributed by atoms with van der Waals surface area (Å²) in [4.78, 5) is 2.63. The van der Waals surface area contributed by atoms with Crippen LogP contribution in [-0.2, 0) is 0 Å². The average Bonchev–Trinajstić information content (AvgIpc) is 2.29. The monoisotopic (exact) mass is 224 g/mol. The first-order valence-corrected chi connectivity index (χ1v) is 6.79. The Bertz CT molecular complexity index is 183. The number of nitrogens with zero attached hydrogens (tertiary/aromatic N) is 1. The van der Waals surface area contributed by atoms with Crippen molar-refractivity contribution in [2.75, 3.05) is 26.2 Å². The highest BCUT2D eigenvalue weighted by molar-refractivity contribution is 4.76. The number of piperidine rings is 1. The molecule has 1 N–H and O–H groups in total. The Balaban J connectivity index is 2.28. The van der Waals surface area contributed by atoms with Gasteiger partial charge in [0.15, 0.2) is 0 Å². The Labute approximate surface area is 101 Å². The fourth-order valence-corrected chi connectivity index (χ4v) is 2.41. The number of hydrogen-bond acceptors (Lipinski definition) is 2. The van der Waals surface area contributed by atoms with Crippen LogP contribution in [0, 0.1) is 5.92 Å². The van der Waals surface area contributed by atoms with Gasteiger partial charge in [-0.05, 0) is 65.1 Å². The molecule has 94 valence electrons. The lowest BCUT2D eigenvalue weighted by atomic mass is 9.98. The minimum Gasteiger partial charge on any atom is -0.316 e. The molecule has 1 aliphatic rings. The largest absolute Gasteiger partial charge is 0.316 e. The van der Waals surface area contributed by atoms with E-state index in [0.717, 1.165) is 12.3 Å². The highest BCUT2D eigenvalue weighted by Gasteiger charge is 2.18. The molecule has 1 heterocycles. The first-order valence-electron chi connectivity index (χ1n) is 6.79. The van der Waals surface area contributed by atoms with E-state index in [1.165, 1.54) is 45.4 Å². The van der Waals surface area contributed by atoms with Gasteiger partial charge in [-0.25, -0.2) is 0 Å². The van der Waals surface area contributed by atoms with E-state index in [0.29, 0.717) is 6.04 Å². The summed E-state index contributed by atoms with van der Waals surface area (Å²) in [7, 11) is 0.